The van der Waals surface area contributed by atoms with Crippen molar-refractivity contribution in [3.05, 3.63) is 57.0 Å². The fourth-order valence-electron chi connectivity index (χ4n) is 19.6. The molecule has 29 nitrogen and oxygen atoms in total. The highest BCUT2D eigenvalue weighted by Gasteiger charge is 2.72. The fraction of sp³-hybridized carbons (Fsp3) is 0.811. The number of benzene rings is 1. The lowest BCUT2D eigenvalue weighted by molar-refractivity contribution is -0.374. The molecular formula is C74H112O29. The van der Waals surface area contributed by atoms with Gasteiger partial charge in [0.15, 0.2) is 36.7 Å². The zero-order valence-electron chi connectivity index (χ0n) is 61.1. The molecule has 4 saturated carbocycles. The Morgan fingerprint density at radius 1 is 0.631 bits per heavy atom. The van der Waals surface area contributed by atoms with E-state index in [4.69, 9.17) is 56.5 Å². The second-order valence-corrected chi connectivity index (χ2v) is 33.2. The average Bonchev–Trinajstić information content (AvgIpc) is 0.671. The van der Waals surface area contributed by atoms with E-state index in [1.165, 1.54) is 26.2 Å². The fourth-order valence-corrected chi connectivity index (χ4v) is 19.6. The largest absolute Gasteiger partial charge is 0.507 e. The lowest BCUT2D eigenvalue weighted by atomic mass is 9.33. The van der Waals surface area contributed by atoms with Gasteiger partial charge in [-0.05, 0) is 144 Å². The Labute approximate surface area is 599 Å². The monoisotopic (exact) mass is 1460 g/mol. The Hall–Kier alpha value is -3.94. The number of hydrogen-bond acceptors (Lipinski definition) is 29. The molecule has 10 aliphatic rings. The van der Waals surface area contributed by atoms with E-state index < -0.39 is 195 Å². The number of rotatable bonds is 14. The van der Waals surface area contributed by atoms with Gasteiger partial charge in [-0.25, -0.2) is 0 Å². The zero-order chi connectivity index (χ0) is 75.4. The van der Waals surface area contributed by atoms with Gasteiger partial charge in [-0.2, -0.15) is 0 Å². The first-order valence-electron chi connectivity index (χ1n) is 36.4. The molecule has 5 saturated heterocycles. The average molecular weight is 1470 g/mol. The highest BCUT2D eigenvalue weighted by atomic mass is 16.8. The van der Waals surface area contributed by atoms with E-state index in [9.17, 15) is 81.4 Å². The molecule has 0 bridgehead atoms. The third kappa shape index (κ3) is 14.2. The summed E-state index contributed by atoms with van der Waals surface area (Å²) in [5, 5.41) is 163. The molecule has 6 heterocycles. The number of aliphatic hydroxyl groups is 14. The van der Waals surface area contributed by atoms with E-state index >= 15 is 4.79 Å². The molecule has 5 aliphatic carbocycles. The summed E-state index contributed by atoms with van der Waals surface area (Å²) in [5.41, 5.74) is -0.209. The molecule has 0 amide bonds. The van der Waals surface area contributed by atoms with Gasteiger partial charge in [-0.15, -0.1) is 0 Å². The van der Waals surface area contributed by atoms with Crippen LogP contribution in [0.5, 0.6) is 11.5 Å². The number of phenols is 1. The van der Waals surface area contributed by atoms with Crippen molar-refractivity contribution in [3.63, 3.8) is 0 Å². The Morgan fingerprint density at radius 3 is 1.83 bits per heavy atom. The highest BCUT2D eigenvalue weighted by Crippen LogP contribution is 2.76. The molecule has 1 aromatic heterocycles. The van der Waals surface area contributed by atoms with Crippen molar-refractivity contribution in [2.24, 2.45) is 50.2 Å². The number of aliphatic hydroxyl groups excluding tert-OH is 14. The number of phenolic OH excluding ortho intramolecular Hbond substituents is 1. The molecule has 2 aromatic rings. The number of methoxy groups -OCH3 is 1. The highest BCUT2D eigenvalue weighted by molar-refractivity contribution is 5.88. The van der Waals surface area contributed by atoms with Crippen LogP contribution in [-0.2, 0) is 58.6 Å². The standard InChI is InChI=1S/C58H94O25.C16H18O4/c1-23-44(80-47-40(69)34(63)27(60)21-74-47)38(67)42(71)48(76-23)79-33-13-14-55(7)30(54(33,5)6)12-15-56(8)31(55)11-10-25-26-18-53(3,4)16-17-58(26,32(62)19-57(25,56)9)52(73)83-51-46(35(64)28(61)22-75-51)82-49-43(72)39(68)45(24(2)77-49)81-50-41(70)37(66)36(65)29(20-59)78-50;1-9(2)5-6-11-14(19-4)8-13(18)15-12(17)7-10(3)20-16(11)15/h10,23-24,26-51,59-72H,11-22H2,1-9H3;5,7-8,18H,6H2,1-4H3. The lowest BCUT2D eigenvalue weighted by Crippen LogP contribution is -2.68. The molecular weight excluding hydrogens is 1350 g/mol. The lowest BCUT2D eigenvalue weighted by Gasteiger charge is -2.71. The molecule has 1 aromatic carbocycles. The molecule has 29 heteroatoms. The zero-order valence-corrected chi connectivity index (χ0v) is 61.1. The number of fused-ring (bicyclic) bond motifs is 8. The van der Waals surface area contributed by atoms with Crippen LogP contribution in [0.3, 0.4) is 0 Å². The van der Waals surface area contributed by atoms with Crippen LogP contribution >= 0.6 is 0 Å². The smallest absolute Gasteiger partial charge is 0.317 e. The first kappa shape index (κ1) is 80.1. The van der Waals surface area contributed by atoms with E-state index in [0.29, 0.717) is 49.2 Å². The summed E-state index contributed by atoms with van der Waals surface area (Å²) in [6, 6.07) is 2.84. The number of esters is 1. The molecule has 0 radical (unpaired) electrons. The predicted molar refractivity (Wildman–Crippen MR) is 361 cm³/mol. The number of ether oxygens (including phenoxy) is 11. The maximum Gasteiger partial charge on any atom is 0.317 e. The van der Waals surface area contributed by atoms with Crippen LogP contribution in [0.2, 0.25) is 0 Å². The topological polar surface area (TPSA) is 452 Å². The number of carbonyl (C=O) groups is 1. The summed E-state index contributed by atoms with van der Waals surface area (Å²) >= 11 is 0. The Morgan fingerprint density at radius 2 is 1.20 bits per heavy atom. The van der Waals surface area contributed by atoms with Crippen LogP contribution in [0.15, 0.2) is 44.6 Å². The normalized spacial score (nSPS) is 46.5. The van der Waals surface area contributed by atoms with E-state index in [1.807, 2.05) is 19.9 Å². The van der Waals surface area contributed by atoms with Crippen LogP contribution in [0.4, 0.5) is 0 Å². The Bertz CT molecular complexity index is 3450. The van der Waals surface area contributed by atoms with E-state index in [0.717, 1.165) is 36.0 Å². The van der Waals surface area contributed by atoms with Crippen molar-refractivity contribution in [2.45, 2.75) is 301 Å². The van der Waals surface area contributed by atoms with Gasteiger partial charge in [0.25, 0.3) is 0 Å². The first-order chi connectivity index (χ1) is 48.2. The summed E-state index contributed by atoms with van der Waals surface area (Å²) in [5.74, 6) is -0.0979. The van der Waals surface area contributed by atoms with Gasteiger partial charge in [0.1, 0.15) is 125 Å². The molecule has 9 fully saturated rings. The van der Waals surface area contributed by atoms with Gasteiger partial charge < -0.3 is 133 Å². The van der Waals surface area contributed by atoms with Crippen molar-refractivity contribution < 1.29 is 138 Å². The van der Waals surface area contributed by atoms with Gasteiger partial charge in [-0.1, -0.05) is 71.8 Å². The second-order valence-electron chi connectivity index (χ2n) is 33.2. The van der Waals surface area contributed by atoms with Crippen molar-refractivity contribution >= 4 is 16.9 Å². The van der Waals surface area contributed by atoms with Crippen LogP contribution in [0.1, 0.15) is 145 Å². The maximum absolute atomic E-state index is 15.4. The van der Waals surface area contributed by atoms with Gasteiger partial charge in [0, 0.05) is 17.7 Å². The number of carbonyl (C=O) groups excluding carboxylic acids is 1. The van der Waals surface area contributed by atoms with Gasteiger partial charge in [-0.3, -0.25) is 9.59 Å². The molecule has 15 N–H and O–H groups in total. The number of allylic oxidation sites excluding steroid dienone is 4. The van der Waals surface area contributed by atoms with Gasteiger partial charge in [0.2, 0.25) is 6.29 Å². The van der Waals surface area contributed by atoms with E-state index in [-0.39, 0.29) is 64.1 Å². The summed E-state index contributed by atoms with van der Waals surface area (Å²) in [4.78, 5) is 27.4. The number of aromatic hydroxyl groups is 1. The summed E-state index contributed by atoms with van der Waals surface area (Å²) in [6.07, 6.45) is -26.6. The van der Waals surface area contributed by atoms with Crippen LogP contribution in [0.25, 0.3) is 11.0 Å². The third-order valence-corrected chi connectivity index (χ3v) is 25.8. The number of hydrogen-bond donors (Lipinski definition) is 15. The van der Waals surface area contributed by atoms with E-state index in [1.54, 1.807) is 13.8 Å². The third-order valence-electron chi connectivity index (χ3n) is 25.8. The van der Waals surface area contributed by atoms with Crippen LogP contribution in [-0.4, -0.2) is 263 Å². The molecule has 32 atom stereocenters. The van der Waals surface area contributed by atoms with Crippen LogP contribution in [0, 0.1) is 57.2 Å². The van der Waals surface area contributed by atoms with Gasteiger partial charge in [0.05, 0.1) is 51.3 Å². The van der Waals surface area contributed by atoms with E-state index in [2.05, 4.69) is 54.5 Å². The minimum absolute atomic E-state index is 0.119. The van der Waals surface area contributed by atoms with Crippen molar-refractivity contribution in [1.29, 1.82) is 0 Å². The van der Waals surface area contributed by atoms with Gasteiger partial charge >= 0.3 is 5.97 Å². The summed E-state index contributed by atoms with van der Waals surface area (Å²) < 4.78 is 70.6. The van der Waals surface area contributed by atoms with Crippen LogP contribution < -0.4 is 10.2 Å². The molecule has 582 valence electrons. The Balaban J connectivity index is 0.000000457. The summed E-state index contributed by atoms with van der Waals surface area (Å²) in [7, 11) is 1.53. The quantitative estimate of drug-likeness (QED) is 0.0722. The second kappa shape index (κ2) is 30.1. The van der Waals surface area contributed by atoms with Crippen molar-refractivity contribution in [1.82, 2.24) is 0 Å². The predicted octanol–water partition coefficient (Wildman–Crippen LogP) is 1.42. The minimum Gasteiger partial charge on any atom is -0.507 e. The molecule has 32 unspecified atom stereocenters. The summed E-state index contributed by atoms with van der Waals surface area (Å²) in [6.45, 7) is 22.9. The number of aryl methyl sites for hydroxylation is 1. The molecule has 12 rings (SSSR count). The first-order valence-corrected chi connectivity index (χ1v) is 36.4. The Kier molecular flexibility index (Phi) is 23.4. The SMILES string of the molecule is CC1OC(OC2CCC3(C)C(CCC4(C)C3CC=C3C5CC(C)(C)CCC5(C(=O)OC5OCC(O)C(O)C5OC5OC(C)C(OC6OC(CO)C(O)C(O)C6O)C(O)C5O)C(O)CC34C)C2(C)C)C(O)C(O)C1OC1OCC(O)C(O)C1O.COc1cc(O)c2c(=O)cc(C)oc2c1CC=C(C)C. The van der Waals surface area contributed by atoms with Crippen molar-refractivity contribution in [2.75, 3.05) is 26.9 Å². The minimum atomic E-state index is -1.93. The molecule has 5 aliphatic heterocycles. The molecule has 0 spiro atoms. The molecule has 103 heavy (non-hydrogen) atoms. The van der Waals surface area contributed by atoms with Crippen molar-refractivity contribution in [3.8, 4) is 11.5 Å². The maximum atomic E-state index is 15.4.